The van der Waals surface area contributed by atoms with Gasteiger partial charge in [0, 0.05) is 6.04 Å². The molecule has 1 aromatic rings. The Hall–Kier alpha value is -1.02. The summed E-state index contributed by atoms with van der Waals surface area (Å²) >= 11 is 0. The van der Waals surface area contributed by atoms with E-state index in [1.54, 1.807) is 0 Å². The van der Waals surface area contributed by atoms with Crippen LogP contribution in [-0.4, -0.2) is 6.10 Å². The molecule has 2 rings (SSSR count). The quantitative estimate of drug-likeness (QED) is 0.823. The van der Waals surface area contributed by atoms with Crippen LogP contribution in [0.1, 0.15) is 44.2 Å². The van der Waals surface area contributed by atoms with Crippen molar-refractivity contribution in [3.05, 3.63) is 29.8 Å². The topological polar surface area (TPSA) is 35.2 Å². The number of hydrogen-bond donors (Lipinski definition) is 1. The van der Waals surface area contributed by atoms with E-state index in [0.29, 0.717) is 6.10 Å². The van der Waals surface area contributed by atoms with Gasteiger partial charge in [0.2, 0.25) is 0 Å². The summed E-state index contributed by atoms with van der Waals surface area (Å²) in [5, 5.41) is 0. The van der Waals surface area contributed by atoms with Gasteiger partial charge in [-0.1, -0.05) is 12.1 Å². The largest absolute Gasteiger partial charge is 0.490 e. The maximum atomic E-state index is 5.87. The molecule has 0 unspecified atom stereocenters. The van der Waals surface area contributed by atoms with Crippen LogP contribution in [0, 0.1) is 0 Å². The van der Waals surface area contributed by atoms with Crippen LogP contribution >= 0.6 is 0 Å². The summed E-state index contributed by atoms with van der Waals surface area (Å²) in [6.07, 6.45) is 5.46. The molecule has 0 spiro atoms. The van der Waals surface area contributed by atoms with Gasteiger partial charge in [0.05, 0.1) is 6.10 Å². The maximum Gasteiger partial charge on any atom is 0.119 e. The Kier molecular flexibility index (Phi) is 3.27. The fourth-order valence-electron chi connectivity index (χ4n) is 2.05. The van der Waals surface area contributed by atoms with E-state index >= 15 is 0 Å². The van der Waals surface area contributed by atoms with Gasteiger partial charge in [-0.05, 0) is 50.3 Å². The molecule has 0 aromatic heterocycles. The smallest absolute Gasteiger partial charge is 0.119 e. The number of rotatable bonds is 3. The first kappa shape index (κ1) is 10.5. The summed E-state index contributed by atoms with van der Waals surface area (Å²) in [5.41, 5.74) is 6.95. The number of nitrogens with two attached hydrogens (primary N) is 1. The highest BCUT2D eigenvalue weighted by molar-refractivity contribution is 5.28. The Morgan fingerprint density at radius 3 is 2.33 bits per heavy atom. The van der Waals surface area contributed by atoms with Gasteiger partial charge in [0.1, 0.15) is 5.75 Å². The standard InChI is InChI=1S/C13H19NO/c1-10(14)11-6-8-13(9-7-11)15-12-4-2-3-5-12/h6-10,12H,2-5,14H2,1H3/t10-/m1/s1. The van der Waals surface area contributed by atoms with Crippen molar-refractivity contribution in [3.63, 3.8) is 0 Å². The second-order valence-electron chi connectivity index (χ2n) is 4.38. The predicted molar refractivity (Wildman–Crippen MR) is 61.9 cm³/mol. The van der Waals surface area contributed by atoms with E-state index in [1.165, 1.54) is 25.7 Å². The second kappa shape index (κ2) is 4.67. The van der Waals surface area contributed by atoms with Crippen molar-refractivity contribution in [2.45, 2.75) is 44.8 Å². The Labute approximate surface area is 91.4 Å². The lowest BCUT2D eigenvalue weighted by Gasteiger charge is -2.13. The van der Waals surface area contributed by atoms with Crippen molar-refractivity contribution in [3.8, 4) is 5.75 Å². The minimum atomic E-state index is 0.102. The van der Waals surface area contributed by atoms with Crippen molar-refractivity contribution in [1.29, 1.82) is 0 Å². The molecule has 1 aromatic carbocycles. The molecule has 0 amide bonds. The summed E-state index contributed by atoms with van der Waals surface area (Å²) in [6.45, 7) is 1.99. The van der Waals surface area contributed by atoms with Crippen LogP contribution in [0.25, 0.3) is 0 Å². The molecule has 1 atom stereocenters. The minimum absolute atomic E-state index is 0.102. The van der Waals surface area contributed by atoms with Gasteiger partial charge in [-0.2, -0.15) is 0 Å². The zero-order chi connectivity index (χ0) is 10.7. The minimum Gasteiger partial charge on any atom is -0.490 e. The van der Waals surface area contributed by atoms with E-state index in [9.17, 15) is 0 Å². The van der Waals surface area contributed by atoms with Crippen LogP contribution in [0.3, 0.4) is 0 Å². The summed E-state index contributed by atoms with van der Waals surface area (Å²) < 4.78 is 5.87. The van der Waals surface area contributed by atoms with E-state index in [4.69, 9.17) is 10.5 Å². The van der Waals surface area contributed by atoms with Crippen LogP contribution < -0.4 is 10.5 Å². The molecule has 0 aliphatic heterocycles. The molecular formula is C13H19NO. The molecule has 2 nitrogen and oxygen atoms in total. The second-order valence-corrected chi connectivity index (χ2v) is 4.38. The van der Waals surface area contributed by atoms with Gasteiger partial charge >= 0.3 is 0 Å². The third kappa shape index (κ3) is 2.72. The molecule has 1 saturated carbocycles. The molecule has 82 valence electrons. The molecule has 0 radical (unpaired) electrons. The molecule has 15 heavy (non-hydrogen) atoms. The van der Waals surface area contributed by atoms with Gasteiger partial charge < -0.3 is 10.5 Å². The van der Waals surface area contributed by atoms with Crippen LogP contribution in [0.15, 0.2) is 24.3 Å². The highest BCUT2D eigenvalue weighted by Crippen LogP contribution is 2.24. The average Bonchev–Trinajstić information content (AvgIpc) is 2.71. The van der Waals surface area contributed by atoms with Gasteiger partial charge in [0.15, 0.2) is 0 Å². The third-order valence-corrected chi connectivity index (χ3v) is 3.01. The molecule has 1 aliphatic carbocycles. The van der Waals surface area contributed by atoms with Crippen molar-refractivity contribution < 1.29 is 4.74 Å². The fraction of sp³-hybridized carbons (Fsp3) is 0.538. The summed E-state index contributed by atoms with van der Waals surface area (Å²) in [6, 6.07) is 8.25. The van der Waals surface area contributed by atoms with E-state index < -0.39 is 0 Å². The van der Waals surface area contributed by atoms with Crippen LogP contribution in [-0.2, 0) is 0 Å². The zero-order valence-electron chi connectivity index (χ0n) is 9.28. The fourth-order valence-corrected chi connectivity index (χ4v) is 2.05. The summed E-state index contributed by atoms with van der Waals surface area (Å²) in [4.78, 5) is 0. The highest BCUT2D eigenvalue weighted by atomic mass is 16.5. The predicted octanol–water partition coefficient (Wildman–Crippen LogP) is 3.03. The monoisotopic (exact) mass is 205 g/mol. The Bertz CT molecular complexity index is 299. The highest BCUT2D eigenvalue weighted by Gasteiger charge is 2.16. The third-order valence-electron chi connectivity index (χ3n) is 3.01. The lowest BCUT2D eigenvalue weighted by Crippen LogP contribution is -2.11. The van der Waals surface area contributed by atoms with Crippen LogP contribution in [0.4, 0.5) is 0 Å². The molecule has 1 fully saturated rings. The molecule has 0 bridgehead atoms. The van der Waals surface area contributed by atoms with E-state index in [0.717, 1.165) is 11.3 Å². The Balaban J connectivity index is 1.97. The van der Waals surface area contributed by atoms with Gasteiger partial charge in [-0.15, -0.1) is 0 Å². The first-order chi connectivity index (χ1) is 7.25. The van der Waals surface area contributed by atoms with Gasteiger partial charge in [-0.25, -0.2) is 0 Å². The molecule has 0 saturated heterocycles. The van der Waals surface area contributed by atoms with Gasteiger partial charge in [0.25, 0.3) is 0 Å². The first-order valence-corrected chi connectivity index (χ1v) is 5.78. The molecule has 1 aliphatic rings. The van der Waals surface area contributed by atoms with Crippen molar-refractivity contribution in [1.82, 2.24) is 0 Å². The lowest BCUT2D eigenvalue weighted by molar-refractivity contribution is 0.210. The summed E-state index contributed by atoms with van der Waals surface area (Å²) in [5.74, 6) is 0.978. The van der Waals surface area contributed by atoms with E-state index in [-0.39, 0.29) is 6.04 Å². The average molecular weight is 205 g/mol. The zero-order valence-corrected chi connectivity index (χ0v) is 9.28. The SMILES string of the molecule is C[C@@H](N)c1ccc(OC2CCCC2)cc1. The number of ether oxygens (including phenoxy) is 1. The number of hydrogen-bond acceptors (Lipinski definition) is 2. The normalized spacial score (nSPS) is 19.1. The van der Waals surface area contributed by atoms with Crippen molar-refractivity contribution in [2.75, 3.05) is 0 Å². The van der Waals surface area contributed by atoms with E-state index in [1.807, 2.05) is 19.1 Å². The van der Waals surface area contributed by atoms with Crippen molar-refractivity contribution >= 4 is 0 Å². The molecule has 2 heteroatoms. The van der Waals surface area contributed by atoms with Crippen molar-refractivity contribution in [2.24, 2.45) is 5.73 Å². The molecule has 0 heterocycles. The molecule has 2 N–H and O–H groups in total. The van der Waals surface area contributed by atoms with Crippen LogP contribution in [0.2, 0.25) is 0 Å². The Morgan fingerprint density at radius 1 is 1.20 bits per heavy atom. The Morgan fingerprint density at radius 2 is 1.80 bits per heavy atom. The summed E-state index contributed by atoms with van der Waals surface area (Å²) in [7, 11) is 0. The lowest BCUT2D eigenvalue weighted by atomic mass is 10.1. The number of benzene rings is 1. The van der Waals surface area contributed by atoms with E-state index in [2.05, 4.69) is 12.1 Å². The maximum absolute atomic E-state index is 5.87. The molecular weight excluding hydrogens is 186 g/mol. The van der Waals surface area contributed by atoms with Gasteiger partial charge in [-0.3, -0.25) is 0 Å². The first-order valence-electron chi connectivity index (χ1n) is 5.78. The van der Waals surface area contributed by atoms with Crippen LogP contribution in [0.5, 0.6) is 5.75 Å².